The number of hydrogen-bond acceptors (Lipinski definition) is 4. The summed E-state index contributed by atoms with van der Waals surface area (Å²) < 4.78 is 16.3. The highest BCUT2D eigenvalue weighted by molar-refractivity contribution is 5.82. The minimum atomic E-state index is -0.317. The summed E-state index contributed by atoms with van der Waals surface area (Å²) in [4.78, 5) is 11.4. The van der Waals surface area contributed by atoms with Crippen molar-refractivity contribution >= 4 is 5.97 Å². The van der Waals surface area contributed by atoms with Crippen LogP contribution in [0.5, 0.6) is 0 Å². The average Bonchev–Trinajstić information content (AvgIpc) is 3.25. The van der Waals surface area contributed by atoms with Gasteiger partial charge in [-0.1, -0.05) is 37.3 Å². The molecule has 0 bridgehead atoms. The Hall–Kier alpha value is -1.65. The first kappa shape index (κ1) is 16.7. The third kappa shape index (κ3) is 4.68. The van der Waals surface area contributed by atoms with Gasteiger partial charge in [-0.05, 0) is 25.0 Å². The lowest BCUT2D eigenvalue weighted by atomic mass is 10.00. The van der Waals surface area contributed by atoms with E-state index in [0.29, 0.717) is 19.8 Å². The lowest BCUT2D eigenvalue weighted by Gasteiger charge is -2.05. The summed E-state index contributed by atoms with van der Waals surface area (Å²) in [7, 11) is 0. The first-order valence-electron chi connectivity index (χ1n) is 7.85. The molecule has 0 spiro atoms. The lowest BCUT2D eigenvalue weighted by Crippen LogP contribution is -2.13. The van der Waals surface area contributed by atoms with Gasteiger partial charge in [-0.3, -0.25) is 0 Å². The monoisotopic (exact) mass is 304 g/mol. The van der Waals surface area contributed by atoms with Crippen molar-refractivity contribution in [2.75, 3.05) is 13.2 Å². The predicted molar refractivity (Wildman–Crippen MR) is 84.4 cm³/mol. The quantitative estimate of drug-likeness (QED) is 0.304. The van der Waals surface area contributed by atoms with Crippen LogP contribution in [0.15, 0.2) is 42.5 Å². The molecule has 1 heterocycles. The number of epoxide rings is 1. The van der Waals surface area contributed by atoms with Crippen LogP contribution >= 0.6 is 0 Å². The van der Waals surface area contributed by atoms with Gasteiger partial charge >= 0.3 is 5.97 Å². The van der Waals surface area contributed by atoms with Crippen molar-refractivity contribution in [2.45, 2.75) is 45.0 Å². The van der Waals surface area contributed by atoms with Crippen molar-refractivity contribution in [2.24, 2.45) is 0 Å². The molecule has 1 aromatic carbocycles. The van der Waals surface area contributed by atoms with E-state index in [-0.39, 0.29) is 17.7 Å². The molecule has 0 radical (unpaired) electrons. The second-order valence-electron chi connectivity index (χ2n) is 5.33. The molecule has 0 saturated carbocycles. The molecule has 1 saturated heterocycles. The van der Waals surface area contributed by atoms with E-state index in [1.54, 1.807) is 6.92 Å². The Morgan fingerprint density at radius 3 is 2.77 bits per heavy atom. The largest absolute Gasteiger partial charge is 0.463 e. The molecule has 120 valence electrons. The van der Waals surface area contributed by atoms with Crippen molar-refractivity contribution < 1.29 is 19.0 Å². The summed E-state index contributed by atoms with van der Waals surface area (Å²) in [6, 6.07) is 10.1. The van der Waals surface area contributed by atoms with Crippen LogP contribution < -0.4 is 0 Å². The minimum absolute atomic E-state index is 0.124. The molecule has 1 aliphatic heterocycles. The SMILES string of the molecule is CCOC(=O)/C=C/[C@]1(CC)O[C@H]1CCOCc1ccccc1. The third-order valence-corrected chi connectivity index (χ3v) is 3.83. The maximum atomic E-state index is 11.4. The first-order valence-corrected chi connectivity index (χ1v) is 7.85. The first-order chi connectivity index (χ1) is 10.7. The molecule has 0 aromatic heterocycles. The predicted octanol–water partition coefficient (Wildman–Crippen LogP) is 3.26. The van der Waals surface area contributed by atoms with Crippen molar-refractivity contribution in [3.63, 3.8) is 0 Å². The zero-order chi connectivity index (χ0) is 15.8. The van der Waals surface area contributed by atoms with Crippen molar-refractivity contribution in [1.29, 1.82) is 0 Å². The minimum Gasteiger partial charge on any atom is -0.463 e. The Kier molecular flexibility index (Phi) is 6.16. The van der Waals surface area contributed by atoms with E-state index in [1.807, 2.05) is 36.4 Å². The molecule has 2 rings (SSSR count). The Morgan fingerprint density at radius 2 is 2.09 bits per heavy atom. The molecule has 1 aliphatic rings. The standard InChI is InChI=1S/C18H24O4/c1-3-18(12-10-17(19)21-4-2)16(22-18)11-13-20-14-15-8-6-5-7-9-15/h5-10,12,16H,3-4,11,13-14H2,1-2H3/b12-10+/t16-,18-/m0/s1. The average molecular weight is 304 g/mol. The summed E-state index contributed by atoms with van der Waals surface area (Å²) >= 11 is 0. The van der Waals surface area contributed by atoms with Crippen LogP contribution in [0.1, 0.15) is 32.3 Å². The van der Waals surface area contributed by atoms with E-state index in [2.05, 4.69) is 6.92 Å². The Morgan fingerprint density at radius 1 is 1.32 bits per heavy atom. The van der Waals surface area contributed by atoms with E-state index in [0.717, 1.165) is 12.8 Å². The van der Waals surface area contributed by atoms with E-state index >= 15 is 0 Å². The van der Waals surface area contributed by atoms with Crippen molar-refractivity contribution in [3.05, 3.63) is 48.0 Å². The van der Waals surface area contributed by atoms with Gasteiger partial charge in [-0.2, -0.15) is 0 Å². The van der Waals surface area contributed by atoms with Crippen LogP contribution in [0.4, 0.5) is 0 Å². The fraction of sp³-hybridized carbons (Fsp3) is 0.500. The van der Waals surface area contributed by atoms with Crippen LogP contribution in [-0.4, -0.2) is 30.9 Å². The molecule has 22 heavy (non-hydrogen) atoms. The number of carbonyl (C=O) groups is 1. The number of benzene rings is 1. The summed E-state index contributed by atoms with van der Waals surface area (Å²) in [5, 5.41) is 0. The van der Waals surface area contributed by atoms with Crippen LogP contribution in [-0.2, 0) is 25.6 Å². The molecule has 0 aliphatic carbocycles. The van der Waals surface area contributed by atoms with Gasteiger partial charge < -0.3 is 14.2 Å². The van der Waals surface area contributed by atoms with Crippen LogP contribution in [0, 0.1) is 0 Å². The van der Waals surface area contributed by atoms with Gasteiger partial charge in [0, 0.05) is 19.1 Å². The van der Waals surface area contributed by atoms with Crippen molar-refractivity contribution in [1.82, 2.24) is 0 Å². The van der Waals surface area contributed by atoms with Gasteiger partial charge in [-0.15, -0.1) is 0 Å². The Labute approximate surface area is 132 Å². The topological polar surface area (TPSA) is 48.1 Å². The van der Waals surface area contributed by atoms with Crippen LogP contribution in [0.2, 0.25) is 0 Å². The zero-order valence-electron chi connectivity index (χ0n) is 13.3. The normalized spacial score (nSPS) is 23.6. The maximum Gasteiger partial charge on any atom is 0.330 e. The lowest BCUT2D eigenvalue weighted by molar-refractivity contribution is -0.137. The summed E-state index contributed by atoms with van der Waals surface area (Å²) in [6.45, 7) is 5.50. The number of carbonyl (C=O) groups excluding carboxylic acids is 1. The van der Waals surface area contributed by atoms with Gasteiger partial charge in [0.1, 0.15) is 5.60 Å². The summed E-state index contributed by atoms with van der Waals surface area (Å²) in [6.07, 6.45) is 5.09. The van der Waals surface area contributed by atoms with Gasteiger partial charge in [0.15, 0.2) is 0 Å². The Balaban J connectivity index is 1.70. The molecule has 4 heteroatoms. The van der Waals surface area contributed by atoms with E-state index in [1.165, 1.54) is 11.6 Å². The number of rotatable bonds is 9. The highest BCUT2D eigenvalue weighted by Gasteiger charge is 2.52. The summed E-state index contributed by atoms with van der Waals surface area (Å²) in [5.41, 5.74) is 0.853. The van der Waals surface area contributed by atoms with Crippen molar-refractivity contribution in [3.8, 4) is 0 Å². The van der Waals surface area contributed by atoms with E-state index < -0.39 is 0 Å². The molecular weight excluding hydrogens is 280 g/mol. The van der Waals surface area contributed by atoms with Gasteiger partial charge in [0.2, 0.25) is 0 Å². The molecule has 1 aromatic rings. The Bertz CT molecular complexity index is 497. The smallest absolute Gasteiger partial charge is 0.330 e. The molecule has 0 N–H and O–H groups in total. The number of esters is 1. The highest BCUT2D eigenvalue weighted by atomic mass is 16.6. The maximum absolute atomic E-state index is 11.4. The zero-order valence-corrected chi connectivity index (χ0v) is 13.3. The molecular formula is C18H24O4. The molecule has 2 atom stereocenters. The second kappa shape index (κ2) is 8.11. The fourth-order valence-corrected chi connectivity index (χ4v) is 2.46. The van der Waals surface area contributed by atoms with E-state index in [4.69, 9.17) is 14.2 Å². The summed E-state index contributed by atoms with van der Waals surface area (Å²) in [5.74, 6) is -0.315. The van der Waals surface area contributed by atoms with Crippen LogP contribution in [0.3, 0.4) is 0 Å². The molecule has 4 nitrogen and oxygen atoms in total. The van der Waals surface area contributed by atoms with Gasteiger partial charge in [-0.25, -0.2) is 4.79 Å². The molecule has 0 unspecified atom stereocenters. The fourth-order valence-electron chi connectivity index (χ4n) is 2.46. The van der Waals surface area contributed by atoms with E-state index in [9.17, 15) is 4.79 Å². The number of ether oxygens (including phenoxy) is 3. The van der Waals surface area contributed by atoms with Gasteiger partial charge in [0.25, 0.3) is 0 Å². The highest BCUT2D eigenvalue weighted by Crippen LogP contribution is 2.43. The third-order valence-electron chi connectivity index (χ3n) is 3.83. The second-order valence-corrected chi connectivity index (χ2v) is 5.33. The number of hydrogen-bond donors (Lipinski definition) is 0. The van der Waals surface area contributed by atoms with Gasteiger partial charge in [0.05, 0.1) is 19.3 Å². The molecule has 1 fully saturated rings. The van der Waals surface area contributed by atoms with Crippen LogP contribution in [0.25, 0.3) is 0 Å². The molecule has 0 amide bonds.